The van der Waals surface area contributed by atoms with Crippen LogP contribution >= 0.6 is 22.6 Å². The highest BCUT2D eigenvalue weighted by Crippen LogP contribution is 2.38. The molecule has 5 heteroatoms. The number of nitrogens with one attached hydrogen (secondary N) is 1. The Hall–Kier alpha value is -1.11. The van der Waals surface area contributed by atoms with Gasteiger partial charge in [-0.05, 0) is 60.6 Å². The second-order valence-corrected chi connectivity index (χ2v) is 5.89. The van der Waals surface area contributed by atoms with Gasteiger partial charge in [0.15, 0.2) is 5.82 Å². The molecule has 1 aromatic heterocycles. The molecule has 0 spiro atoms. The molecule has 0 bridgehead atoms. The topological polar surface area (TPSA) is 51.0 Å². The summed E-state index contributed by atoms with van der Waals surface area (Å²) in [6.45, 7) is 2.03. The van der Waals surface area contributed by atoms with E-state index in [1.807, 2.05) is 19.1 Å². The van der Waals surface area contributed by atoms with E-state index >= 15 is 0 Å². The molecular formula is C13H14IN3O. The second kappa shape index (κ2) is 4.87. The van der Waals surface area contributed by atoms with Gasteiger partial charge >= 0.3 is 0 Å². The molecule has 1 heterocycles. The van der Waals surface area contributed by atoms with Gasteiger partial charge in [-0.3, -0.25) is 0 Å². The molecule has 1 atom stereocenters. The van der Waals surface area contributed by atoms with Gasteiger partial charge < -0.3 is 9.84 Å². The van der Waals surface area contributed by atoms with E-state index in [9.17, 15) is 0 Å². The van der Waals surface area contributed by atoms with Crippen molar-refractivity contribution in [2.75, 3.05) is 5.32 Å². The molecule has 1 aliphatic carbocycles. The lowest BCUT2D eigenvalue weighted by Gasteiger charge is -2.11. The second-order valence-electron chi connectivity index (χ2n) is 4.64. The lowest BCUT2D eigenvalue weighted by atomic mass is 10.2. The Morgan fingerprint density at radius 3 is 3.00 bits per heavy atom. The molecule has 1 N–H and O–H groups in total. The van der Waals surface area contributed by atoms with Crippen LogP contribution in [-0.4, -0.2) is 10.1 Å². The van der Waals surface area contributed by atoms with E-state index in [1.54, 1.807) is 0 Å². The third-order valence-electron chi connectivity index (χ3n) is 2.98. The summed E-state index contributed by atoms with van der Waals surface area (Å²) in [4.78, 5) is 4.45. The fourth-order valence-electron chi connectivity index (χ4n) is 1.82. The molecule has 1 fully saturated rings. The van der Waals surface area contributed by atoms with Gasteiger partial charge in [-0.1, -0.05) is 11.2 Å². The quantitative estimate of drug-likeness (QED) is 0.850. The summed E-state index contributed by atoms with van der Waals surface area (Å²) in [6, 6.07) is 8.25. The van der Waals surface area contributed by atoms with Crippen molar-refractivity contribution in [1.29, 1.82) is 0 Å². The molecule has 1 unspecified atom stereocenters. The zero-order valence-electron chi connectivity index (χ0n) is 10.1. The minimum atomic E-state index is 0.0307. The SMILES string of the molecule is CC(Nc1cccc(I)c1)c1nc(C2CC2)no1. The molecule has 1 saturated carbocycles. The summed E-state index contributed by atoms with van der Waals surface area (Å²) in [6.07, 6.45) is 2.38. The zero-order chi connectivity index (χ0) is 12.5. The number of benzene rings is 1. The molecule has 94 valence electrons. The highest BCUT2D eigenvalue weighted by Gasteiger charge is 2.29. The Bertz CT molecular complexity index is 551. The molecule has 4 nitrogen and oxygen atoms in total. The van der Waals surface area contributed by atoms with Crippen molar-refractivity contribution in [3.05, 3.63) is 39.6 Å². The van der Waals surface area contributed by atoms with Crippen LogP contribution in [-0.2, 0) is 0 Å². The van der Waals surface area contributed by atoms with Crippen LogP contribution in [0.25, 0.3) is 0 Å². The Balaban J connectivity index is 1.71. The van der Waals surface area contributed by atoms with E-state index in [1.165, 1.54) is 16.4 Å². The van der Waals surface area contributed by atoms with E-state index in [2.05, 4.69) is 50.2 Å². The highest BCUT2D eigenvalue weighted by molar-refractivity contribution is 14.1. The van der Waals surface area contributed by atoms with Crippen molar-refractivity contribution in [2.24, 2.45) is 0 Å². The lowest BCUT2D eigenvalue weighted by molar-refractivity contribution is 0.363. The largest absolute Gasteiger partial charge is 0.374 e. The predicted octanol–water partition coefficient (Wildman–Crippen LogP) is 3.72. The average Bonchev–Trinajstić information content (AvgIpc) is 3.07. The van der Waals surface area contributed by atoms with Crippen LogP contribution in [0.5, 0.6) is 0 Å². The molecule has 1 aliphatic rings. The van der Waals surface area contributed by atoms with Crippen molar-refractivity contribution in [3.8, 4) is 0 Å². The molecule has 0 amide bonds. The summed E-state index contributed by atoms with van der Waals surface area (Å²) in [5.41, 5.74) is 1.07. The number of anilines is 1. The third-order valence-corrected chi connectivity index (χ3v) is 3.65. The smallest absolute Gasteiger partial charge is 0.248 e. The number of hydrogen-bond acceptors (Lipinski definition) is 4. The normalized spacial score (nSPS) is 16.6. The zero-order valence-corrected chi connectivity index (χ0v) is 12.2. The van der Waals surface area contributed by atoms with Crippen LogP contribution in [0.1, 0.15) is 43.4 Å². The Morgan fingerprint density at radius 2 is 2.28 bits per heavy atom. The lowest BCUT2D eigenvalue weighted by Crippen LogP contribution is -2.07. The van der Waals surface area contributed by atoms with E-state index in [0.717, 1.165) is 11.5 Å². The maximum absolute atomic E-state index is 5.30. The molecule has 18 heavy (non-hydrogen) atoms. The first-order valence-corrected chi connectivity index (χ1v) is 7.16. The first-order valence-electron chi connectivity index (χ1n) is 6.08. The molecule has 3 rings (SSSR count). The fraction of sp³-hybridized carbons (Fsp3) is 0.385. The molecule has 2 aromatic rings. The van der Waals surface area contributed by atoms with Crippen LogP contribution in [0, 0.1) is 3.57 Å². The van der Waals surface area contributed by atoms with Gasteiger partial charge in [0, 0.05) is 15.2 Å². The van der Waals surface area contributed by atoms with E-state index in [0.29, 0.717) is 11.8 Å². The average molecular weight is 355 g/mol. The van der Waals surface area contributed by atoms with Crippen LogP contribution in [0.3, 0.4) is 0 Å². The number of rotatable bonds is 4. The number of halogens is 1. The van der Waals surface area contributed by atoms with Crippen molar-refractivity contribution in [2.45, 2.75) is 31.7 Å². The van der Waals surface area contributed by atoms with Gasteiger partial charge in [-0.25, -0.2) is 0 Å². The Morgan fingerprint density at radius 1 is 1.44 bits per heavy atom. The van der Waals surface area contributed by atoms with Gasteiger partial charge in [0.25, 0.3) is 0 Å². The molecule has 1 aromatic carbocycles. The first-order chi connectivity index (χ1) is 8.72. The predicted molar refractivity (Wildman–Crippen MR) is 77.5 cm³/mol. The first kappa shape index (κ1) is 12.0. The maximum atomic E-state index is 5.30. The minimum absolute atomic E-state index is 0.0307. The Labute approximate surface area is 119 Å². The monoisotopic (exact) mass is 355 g/mol. The standard InChI is InChI=1S/C13H14IN3O/c1-8(15-11-4-2-3-10(14)7-11)13-16-12(17-18-13)9-5-6-9/h2-4,7-9,15H,5-6H2,1H3. The van der Waals surface area contributed by atoms with Crippen molar-refractivity contribution >= 4 is 28.3 Å². The molecule has 0 aliphatic heterocycles. The van der Waals surface area contributed by atoms with Gasteiger partial charge in [0.05, 0.1) is 0 Å². The third kappa shape index (κ3) is 2.66. The fourth-order valence-corrected chi connectivity index (χ4v) is 2.36. The number of nitrogens with zero attached hydrogens (tertiary/aromatic N) is 2. The number of aromatic nitrogens is 2. The summed E-state index contributed by atoms with van der Waals surface area (Å²) in [7, 11) is 0. The molecule has 0 radical (unpaired) electrons. The van der Waals surface area contributed by atoms with Crippen LogP contribution in [0.4, 0.5) is 5.69 Å². The maximum Gasteiger partial charge on any atom is 0.248 e. The van der Waals surface area contributed by atoms with E-state index < -0.39 is 0 Å². The van der Waals surface area contributed by atoms with E-state index in [4.69, 9.17) is 4.52 Å². The van der Waals surface area contributed by atoms with E-state index in [-0.39, 0.29) is 6.04 Å². The van der Waals surface area contributed by atoms with Gasteiger partial charge in [0.1, 0.15) is 6.04 Å². The van der Waals surface area contributed by atoms with Crippen molar-refractivity contribution in [1.82, 2.24) is 10.1 Å². The Kier molecular flexibility index (Phi) is 3.23. The van der Waals surface area contributed by atoms with Crippen LogP contribution < -0.4 is 5.32 Å². The van der Waals surface area contributed by atoms with Crippen molar-refractivity contribution < 1.29 is 4.52 Å². The van der Waals surface area contributed by atoms with Crippen molar-refractivity contribution in [3.63, 3.8) is 0 Å². The molecular weight excluding hydrogens is 341 g/mol. The summed E-state index contributed by atoms with van der Waals surface area (Å²) in [5.74, 6) is 2.06. The van der Waals surface area contributed by atoms with Crippen LogP contribution in [0.15, 0.2) is 28.8 Å². The summed E-state index contributed by atoms with van der Waals surface area (Å²) < 4.78 is 6.51. The minimum Gasteiger partial charge on any atom is -0.374 e. The molecule has 0 saturated heterocycles. The van der Waals surface area contributed by atoms with Crippen LogP contribution in [0.2, 0.25) is 0 Å². The van der Waals surface area contributed by atoms with Gasteiger partial charge in [-0.2, -0.15) is 4.98 Å². The van der Waals surface area contributed by atoms with Gasteiger partial charge in [-0.15, -0.1) is 0 Å². The number of hydrogen-bond donors (Lipinski definition) is 1. The summed E-state index contributed by atoms with van der Waals surface area (Å²) >= 11 is 2.30. The van der Waals surface area contributed by atoms with Gasteiger partial charge in [0.2, 0.25) is 5.89 Å². The summed E-state index contributed by atoms with van der Waals surface area (Å²) in [5, 5.41) is 7.40. The highest BCUT2D eigenvalue weighted by atomic mass is 127.